The summed E-state index contributed by atoms with van der Waals surface area (Å²) in [5, 5.41) is 0. The maximum absolute atomic E-state index is 5.33. The van der Waals surface area contributed by atoms with E-state index in [2.05, 4.69) is 15.0 Å². The Kier molecular flexibility index (Phi) is 3.37. The molecule has 0 N–H and O–H groups in total. The molecule has 4 heteroatoms. The molecule has 0 aliphatic heterocycles. The van der Waals surface area contributed by atoms with Crippen molar-refractivity contribution in [2.75, 3.05) is 7.11 Å². The van der Waals surface area contributed by atoms with E-state index in [1.54, 1.807) is 19.5 Å². The van der Waals surface area contributed by atoms with Crippen molar-refractivity contribution in [1.82, 2.24) is 15.0 Å². The molecule has 4 nitrogen and oxygen atoms in total. The molecule has 0 aliphatic rings. The summed E-state index contributed by atoms with van der Waals surface area (Å²) < 4.78 is 5.33. The number of nitrogens with zero attached hydrogens (tertiary/aromatic N) is 3. The molecular weight excluding hydrogens is 250 g/mol. The van der Waals surface area contributed by atoms with Crippen molar-refractivity contribution in [3.8, 4) is 28.5 Å². The molecular formula is C16H13N3O. The van der Waals surface area contributed by atoms with E-state index < -0.39 is 0 Å². The lowest BCUT2D eigenvalue weighted by Gasteiger charge is -2.07. The molecule has 0 saturated carbocycles. The first-order chi connectivity index (χ1) is 9.88. The van der Waals surface area contributed by atoms with Crippen molar-refractivity contribution in [3.63, 3.8) is 0 Å². The summed E-state index contributed by atoms with van der Waals surface area (Å²) >= 11 is 0. The summed E-state index contributed by atoms with van der Waals surface area (Å²) in [5.41, 5.74) is 3.15. The van der Waals surface area contributed by atoms with Crippen LogP contribution in [0.5, 0.6) is 5.75 Å². The minimum Gasteiger partial charge on any atom is -0.494 e. The van der Waals surface area contributed by atoms with Crippen LogP contribution >= 0.6 is 0 Å². The standard InChI is InChI=1S/C16H13N3O/c1-20-15-9-5-11-18-16(15)14-8-4-7-13(19-14)12-6-2-3-10-17-12/h2-11H,1H3. The lowest BCUT2D eigenvalue weighted by atomic mass is 10.2. The first kappa shape index (κ1) is 12.3. The Bertz CT molecular complexity index is 714. The molecule has 0 radical (unpaired) electrons. The fourth-order valence-corrected chi connectivity index (χ4v) is 1.97. The average Bonchev–Trinajstić information content (AvgIpc) is 2.56. The smallest absolute Gasteiger partial charge is 0.146 e. The molecule has 3 aromatic rings. The predicted molar refractivity (Wildman–Crippen MR) is 77.3 cm³/mol. The maximum atomic E-state index is 5.33. The molecule has 0 atom stereocenters. The number of rotatable bonds is 3. The molecule has 20 heavy (non-hydrogen) atoms. The van der Waals surface area contributed by atoms with Crippen molar-refractivity contribution >= 4 is 0 Å². The van der Waals surface area contributed by atoms with Gasteiger partial charge in [0.15, 0.2) is 0 Å². The van der Waals surface area contributed by atoms with Crippen LogP contribution in [-0.2, 0) is 0 Å². The molecule has 0 aliphatic carbocycles. The van der Waals surface area contributed by atoms with Gasteiger partial charge in [-0.1, -0.05) is 12.1 Å². The average molecular weight is 263 g/mol. The van der Waals surface area contributed by atoms with Crippen LogP contribution in [0.1, 0.15) is 0 Å². The third-order valence-corrected chi connectivity index (χ3v) is 2.91. The first-order valence-corrected chi connectivity index (χ1v) is 6.26. The molecule has 0 spiro atoms. The Morgan fingerprint density at radius 2 is 1.55 bits per heavy atom. The molecule has 0 unspecified atom stereocenters. The minimum absolute atomic E-state index is 0.707. The van der Waals surface area contributed by atoms with Gasteiger partial charge in [-0.3, -0.25) is 9.97 Å². The molecule has 3 aromatic heterocycles. The zero-order chi connectivity index (χ0) is 13.8. The zero-order valence-corrected chi connectivity index (χ0v) is 11.0. The van der Waals surface area contributed by atoms with Gasteiger partial charge in [0.1, 0.15) is 11.4 Å². The van der Waals surface area contributed by atoms with E-state index in [4.69, 9.17) is 4.74 Å². The third kappa shape index (κ3) is 2.36. The Morgan fingerprint density at radius 3 is 2.35 bits per heavy atom. The van der Waals surface area contributed by atoms with Crippen molar-refractivity contribution < 1.29 is 4.74 Å². The van der Waals surface area contributed by atoms with Crippen LogP contribution in [0.25, 0.3) is 22.8 Å². The van der Waals surface area contributed by atoms with Crippen LogP contribution < -0.4 is 4.74 Å². The maximum Gasteiger partial charge on any atom is 0.146 e. The Labute approximate surface area is 117 Å². The van der Waals surface area contributed by atoms with Crippen LogP contribution in [0.3, 0.4) is 0 Å². The van der Waals surface area contributed by atoms with Gasteiger partial charge in [0.05, 0.1) is 24.2 Å². The van der Waals surface area contributed by atoms with Crippen LogP contribution in [-0.4, -0.2) is 22.1 Å². The number of pyridine rings is 3. The van der Waals surface area contributed by atoms with Gasteiger partial charge in [-0.05, 0) is 36.4 Å². The molecule has 3 rings (SSSR count). The lowest BCUT2D eigenvalue weighted by molar-refractivity contribution is 0.414. The Balaban J connectivity index is 2.08. The monoisotopic (exact) mass is 263 g/mol. The summed E-state index contributed by atoms with van der Waals surface area (Å²) in [6.07, 6.45) is 3.48. The number of ether oxygens (including phenoxy) is 1. The summed E-state index contributed by atoms with van der Waals surface area (Å²) in [6.45, 7) is 0. The fourth-order valence-electron chi connectivity index (χ4n) is 1.97. The minimum atomic E-state index is 0.707. The highest BCUT2D eigenvalue weighted by molar-refractivity contribution is 5.65. The first-order valence-electron chi connectivity index (χ1n) is 6.26. The summed E-state index contributed by atoms with van der Waals surface area (Å²) in [5.74, 6) is 0.707. The molecule has 3 heterocycles. The van der Waals surface area contributed by atoms with Crippen molar-refractivity contribution in [2.24, 2.45) is 0 Å². The van der Waals surface area contributed by atoms with Crippen LogP contribution in [0.15, 0.2) is 60.9 Å². The summed E-state index contributed by atoms with van der Waals surface area (Å²) in [4.78, 5) is 13.3. The predicted octanol–water partition coefficient (Wildman–Crippen LogP) is 3.21. The van der Waals surface area contributed by atoms with Crippen molar-refractivity contribution in [3.05, 3.63) is 60.9 Å². The second-order valence-corrected chi connectivity index (χ2v) is 4.18. The van der Waals surface area contributed by atoms with Crippen LogP contribution in [0, 0.1) is 0 Å². The van der Waals surface area contributed by atoms with Gasteiger partial charge in [-0.2, -0.15) is 0 Å². The van der Waals surface area contributed by atoms with E-state index in [9.17, 15) is 0 Å². The van der Waals surface area contributed by atoms with Crippen LogP contribution in [0.4, 0.5) is 0 Å². The van der Waals surface area contributed by atoms with Gasteiger partial charge in [0.2, 0.25) is 0 Å². The third-order valence-electron chi connectivity index (χ3n) is 2.91. The Hall–Kier alpha value is -2.75. The largest absolute Gasteiger partial charge is 0.494 e. The van der Waals surface area contributed by atoms with E-state index in [1.807, 2.05) is 48.5 Å². The highest BCUT2D eigenvalue weighted by atomic mass is 16.5. The fraction of sp³-hybridized carbons (Fsp3) is 0.0625. The second-order valence-electron chi connectivity index (χ2n) is 4.18. The topological polar surface area (TPSA) is 47.9 Å². The van der Waals surface area contributed by atoms with E-state index in [0.717, 1.165) is 22.8 Å². The molecule has 0 fully saturated rings. The highest BCUT2D eigenvalue weighted by Crippen LogP contribution is 2.27. The quantitative estimate of drug-likeness (QED) is 0.728. The summed E-state index contributed by atoms with van der Waals surface area (Å²) in [6, 6.07) is 15.3. The lowest BCUT2D eigenvalue weighted by Crippen LogP contribution is -1.94. The number of methoxy groups -OCH3 is 1. The van der Waals surface area contributed by atoms with Gasteiger partial charge in [-0.25, -0.2) is 4.98 Å². The van der Waals surface area contributed by atoms with E-state index >= 15 is 0 Å². The van der Waals surface area contributed by atoms with Gasteiger partial charge in [0, 0.05) is 12.4 Å². The molecule has 0 amide bonds. The van der Waals surface area contributed by atoms with Gasteiger partial charge >= 0.3 is 0 Å². The molecule has 0 aromatic carbocycles. The second kappa shape index (κ2) is 5.48. The summed E-state index contributed by atoms with van der Waals surface area (Å²) in [7, 11) is 1.63. The van der Waals surface area contributed by atoms with E-state index in [1.165, 1.54) is 0 Å². The van der Waals surface area contributed by atoms with Gasteiger partial charge < -0.3 is 4.74 Å². The Morgan fingerprint density at radius 1 is 0.750 bits per heavy atom. The van der Waals surface area contributed by atoms with Crippen LogP contribution in [0.2, 0.25) is 0 Å². The van der Waals surface area contributed by atoms with Crippen molar-refractivity contribution in [1.29, 1.82) is 0 Å². The van der Waals surface area contributed by atoms with E-state index in [0.29, 0.717) is 5.75 Å². The number of hydrogen-bond donors (Lipinski definition) is 0. The molecule has 98 valence electrons. The van der Waals surface area contributed by atoms with Gasteiger partial charge in [0.25, 0.3) is 0 Å². The zero-order valence-electron chi connectivity index (χ0n) is 11.0. The van der Waals surface area contributed by atoms with E-state index in [-0.39, 0.29) is 0 Å². The van der Waals surface area contributed by atoms with Crippen molar-refractivity contribution in [2.45, 2.75) is 0 Å². The highest BCUT2D eigenvalue weighted by Gasteiger charge is 2.09. The number of hydrogen-bond acceptors (Lipinski definition) is 4. The SMILES string of the molecule is COc1cccnc1-c1cccc(-c2ccccn2)n1. The normalized spacial score (nSPS) is 10.2. The number of aromatic nitrogens is 3. The van der Waals surface area contributed by atoms with Gasteiger partial charge in [-0.15, -0.1) is 0 Å². The molecule has 0 saturated heterocycles. The molecule has 0 bridgehead atoms.